The molecule has 4 N–H and O–H groups in total. The van der Waals surface area contributed by atoms with Crippen molar-refractivity contribution in [3.63, 3.8) is 0 Å². The molecule has 1 aromatic heterocycles. The van der Waals surface area contributed by atoms with E-state index in [2.05, 4.69) is 10.4 Å². The number of carbonyl (C=O) groups is 1. The minimum absolute atomic E-state index is 0.0162. The second-order valence-corrected chi connectivity index (χ2v) is 4.26. The molecule has 0 bridgehead atoms. The predicted octanol–water partition coefficient (Wildman–Crippen LogP) is 1.78. The Kier molecular flexibility index (Phi) is 4.71. The van der Waals surface area contributed by atoms with Crippen molar-refractivity contribution in [2.75, 3.05) is 12.0 Å². The summed E-state index contributed by atoms with van der Waals surface area (Å²) in [5.74, 6) is 4.63. The zero-order chi connectivity index (χ0) is 14.6. The lowest BCUT2D eigenvalue weighted by Gasteiger charge is -2.12. The monoisotopic (exact) mass is 276 g/mol. The van der Waals surface area contributed by atoms with Crippen LogP contribution in [0.15, 0.2) is 12.1 Å². The van der Waals surface area contributed by atoms with Gasteiger partial charge >= 0.3 is 6.18 Å². The highest BCUT2D eigenvalue weighted by Gasteiger charge is 2.28. The third kappa shape index (κ3) is 4.74. The molecule has 0 unspecified atom stereocenters. The number of alkyl halides is 3. The normalized spacial score (nSPS) is 11.5. The molecule has 0 aliphatic carbocycles. The summed E-state index contributed by atoms with van der Waals surface area (Å²) in [6.45, 7) is 2.32. The van der Waals surface area contributed by atoms with E-state index in [9.17, 15) is 18.0 Å². The van der Waals surface area contributed by atoms with Gasteiger partial charge in [-0.25, -0.2) is 10.8 Å². The van der Waals surface area contributed by atoms with Crippen LogP contribution in [-0.4, -0.2) is 23.6 Å². The smallest absolute Gasteiger partial charge is 0.343 e. The van der Waals surface area contributed by atoms with Crippen molar-refractivity contribution < 1.29 is 18.0 Å². The lowest BCUT2D eigenvalue weighted by molar-refractivity contribution is -0.123. The van der Waals surface area contributed by atoms with Crippen LogP contribution >= 0.6 is 0 Å². The van der Waals surface area contributed by atoms with E-state index in [0.717, 1.165) is 0 Å². The first-order valence-electron chi connectivity index (χ1n) is 5.56. The van der Waals surface area contributed by atoms with E-state index in [1.807, 2.05) is 13.8 Å². The fraction of sp³-hybridized carbons (Fsp3) is 0.455. The summed E-state index contributed by atoms with van der Waals surface area (Å²) >= 11 is 0. The van der Waals surface area contributed by atoms with Crippen LogP contribution in [0, 0.1) is 0 Å². The van der Waals surface area contributed by atoms with E-state index in [1.165, 1.54) is 12.1 Å². The van der Waals surface area contributed by atoms with Gasteiger partial charge in [0.05, 0.1) is 0 Å². The molecule has 0 radical (unpaired) electrons. The van der Waals surface area contributed by atoms with Gasteiger partial charge in [0.2, 0.25) is 0 Å². The molecule has 1 amide bonds. The third-order valence-electron chi connectivity index (χ3n) is 2.30. The molecule has 0 saturated heterocycles. The highest BCUT2D eigenvalue weighted by molar-refractivity contribution is 5.95. The highest BCUT2D eigenvalue weighted by atomic mass is 19.4. The van der Waals surface area contributed by atoms with Crippen LogP contribution < -0.4 is 16.6 Å². The molecular formula is C11H15F3N4O. The van der Waals surface area contributed by atoms with E-state index in [0.29, 0.717) is 5.69 Å². The molecule has 0 aromatic carbocycles. The van der Waals surface area contributed by atoms with Crippen molar-refractivity contribution in [3.8, 4) is 0 Å². The predicted molar refractivity (Wildman–Crippen MR) is 64.5 cm³/mol. The van der Waals surface area contributed by atoms with Crippen LogP contribution in [-0.2, 0) is 0 Å². The molecule has 0 fully saturated rings. The maximum Gasteiger partial charge on any atom is 0.405 e. The Hall–Kier alpha value is -1.83. The van der Waals surface area contributed by atoms with E-state index in [4.69, 9.17) is 5.84 Å². The Morgan fingerprint density at radius 1 is 1.42 bits per heavy atom. The van der Waals surface area contributed by atoms with Gasteiger partial charge in [-0.3, -0.25) is 4.79 Å². The Bertz CT molecular complexity index is 460. The summed E-state index contributed by atoms with van der Waals surface area (Å²) in [5, 5.41) is 1.80. The molecule has 0 aliphatic rings. The van der Waals surface area contributed by atoms with Crippen LogP contribution in [0.5, 0.6) is 0 Å². The van der Waals surface area contributed by atoms with Gasteiger partial charge in [0.1, 0.15) is 12.4 Å². The Balaban J connectivity index is 2.93. The van der Waals surface area contributed by atoms with Gasteiger partial charge in [-0.05, 0) is 18.1 Å². The summed E-state index contributed by atoms with van der Waals surface area (Å²) < 4.78 is 36.1. The zero-order valence-corrected chi connectivity index (χ0v) is 10.5. The summed E-state index contributed by atoms with van der Waals surface area (Å²) in [5.41, 5.74) is 2.92. The Morgan fingerprint density at radius 3 is 2.53 bits per heavy atom. The number of anilines is 1. The molecule has 19 heavy (non-hydrogen) atoms. The molecule has 0 aliphatic heterocycles. The number of carbonyl (C=O) groups excluding carboxylic acids is 1. The number of hydrazine groups is 1. The number of nitrogens with two attached hydrogens (primary N) is 1. The fourth-order valence-electron chi connectivity index (χ4n) is 1.34. The zero-order valence-electron chi connectivity index (χ0n) is 10.5. The Labute approximate surface area is 108 Å². The quantitative estimate of drug-likeness (QED) is 0.578. The lowest BCUT2D eigenvalue weighted by atomic mass is 10.1. The average Bonchev–Trinajstić information content (AvgIpc) is 2.34. The molecule has 1 rings (SSSR count). The number of rotatable bonds is 4. The van der Waals surface area contributed by atoms with E-state index < -0.39 is 18.6 Å². The van der Waals surface area contributed by atoms with Crippen molar-refractivity contribution in [1.29, 1.82) is 0 Å². The minimum Gasteiger partial charge on any atom is -0.343 e. The largest absolute Gasteiger partial charge is 0.405 e. The van der Waals surface area contributed by atoms with Crippen LogP contribution in [0.25, 0.3) is 0 Å². The second-order valence-electron chi connectivity index (χ2n) is 4.26. The van der Waals surface area contributed by atoms with Gasteiger partial charge in [-0.1, -0.05) is 13.8 Å². The van der Waals surface area contributed by atoms with Crippen molar-refractivity contribution in [2.24, 2.45) is 5.84 Å². The van der Waals surface area contributed by atoms with Gasteiger partial charge < -0.3 is 10.7 Å². The molecule has 1 heterocycles. The van der Waals surface area contributed by atoms with Gasteiger partial charge in [-0.15, -0.1) is 0 Å². The summed E-state index contributed by atoms with van der Waals surface area (Å²) in [7, 11) is 0. The first-order chi connectivity index (χ1) is 8.73. The van der Waals surface area contributed by atoms with Crippen LogP contribution in [0.4, 0.5) is 19.0 Å². The first kappa shape index (κ1) is 15.2. The Morgan fingerprint density at radius 2 is 2.05 bits per heavy atom. The molecule has 0 saturated carbocycles. The van der Waals surface area contributed by atoms with E-state index >= 15 is 0 Å². The summed E-state index contributed by atoms with van der Waals surface area (Å²) in [6, 6.07) is 2.73. The molecule has 8 heteroatoms. The second kappa shape index (κ2) is 5.87. The first-order valence-corrected chi connectivity index (χ1v) is 5.56. The molecule has 1 aromatic rings. The number of halogens is 3. The third-order valence-corrected chi connectivity index (χ3v) is 2.30. The maximum absolute atomic E-state index is 12.0. The molecule has 0 atom stereocenters. The number of hydrogen-bond acceptors (Lipinski definition) is 4. The van der Waals surface area contributed by atoms with Crippen LogP contribution in [0.3, 0.4) is 0 Å². The van der Waals surface area contributed by atoms with Crippen molar-refractivity contribution in [2.45, 2.75) is 25.9 Å². The summed E-state index contributed by atoms with van der Waals surface area (Å²) in [6.07, 6.45) is -4.45. The highest BCUT2D eigenvalue weighted by Crippen LogP contribution is 2.18. The summed E-state index contributed by atoms with van der Waals surface area (Å²) in [4.78, 5) is 15.7. The number of amides is 1. The minimum atomic E-state index is -4.45. The van der Waals surface area contributed by atoms with Gasteiger partial charge in [0.15, 0.2) is 0 Å². The molecule has 0 spiro atoms. The molecular weight excluding hydrogens is 261 g/mol. The number of hydrogen-bond donors (Lipinski definition) is 3. The fourth-order valence-corrected chi connectivity index (χ4v) is 1.34. The van der Waals surface area contributed by atoms with Gasteiger partial charge in [0.25, 0.3) is 5.91 Å². The number of aromatic nitrogens is 1. The number of pyridine rings is 1. The topological polar surface area (TPSA) is 80.0 Å². The average molecular weight is 276 g/mol. The van der Waals surface area contributed by atoms with Crippen LogP contribution in [0.2, 0.25) is 0 Å². The number of nitrogens with zero attached hydrogens (tertiary/aromatic N) is 1. The standard InChI is InChI=1S/C11H15F3N4O/c1-6(2)8-3-7(4-9(17-8)18-15)10(19)16-5-11(12,13)14/h3-4,6H,5,15H2,1-2H3,(H,16,19)(H,17,18). The van der Waals surface area contributed by atoms with E-state index in [-0.39, 0.29) is 17.3 Å². The number of nitrogen functional groups attached to an aromatic ring is 1. The van der Waals surface area contributed by atoms with Crippen molar-refractivity contribution in [1.82, 2.24) is 10.3 Å². The lowest BCUT2D eigenvalue weighted by Crippen LogP contribution is -2.33. The van der Waals surface area contributed by atoms with Gasteiger partial charge in [0, 0.05) is 11.3 Å². The van der Waals surface area contributed by atoms with E-state index in [1.54, 1.807) is 5.32 Å². The molecule has 106 valence electrons. The molecule has 5 nitrogen and oxygen atoms in total. The maximum atomic E-state index is 12.0. The van der Waals surface area contributed by atoms with Crippen molar-refractivity contribution in [3.05, 3.63) is 23.4 Å². The van der Waals surface area contributed by atoms with Crippen molar-refractivity contribution >= 4 is 11.7 Å². The van der Waals surface area contributed by atoms with Gasteiger partial charge in [-0.2, -0.15) is 13.2 Å². The SMILES string of the molecule is CC(C)c1cc(C(=O)NCC(F)(F)F)cc(NN)n1. The van der Waals surface area contributed by atoms with Crippen LogP contribution in [0.1, 0.15) is 35.8 Å². The number of nitrogens with one attached hydrogen (secondary N) is 2.